The number of carboxylic acids is 1. The molecule has 0 spiro atoms. The molecule has 0 amide bonds. The van der Waals surface area contributed by atoms with Gasteiger partial charge in [0.2, 0.25) is 10.0 Å². The molecule has 0 aliphatic carbocycles. The van der Waals surface area contributed by atoms with E-state index in [1.807, 2.05) is 0 Å². The summed E-state index contributed by atoms with van der Waals surface area (Å²) in [6, 6.07) is 5.86. The van der Waals surface area contributed by atoms with E-state index in [9.17, 15) is 18.3 Å². The Morgan fingerprint density at radius 1 is 1.28 bits per heavy atom. The van der Waals surface area contributed by atoms with Gasteiger partial charge in [0.1, 0.15) is 5.76 Å². The zero-order valence-electron chi connectivity index (χ0n) is 13.5. The molecule has 1 aromatic heterocycles. The van der Waals surface area contributed by atoms with Gasteiger partial charge in [-0.25, -0.2) is 13.1 Å². The van der Waals surface area contributed by atoms with Gasteiger partial charge < -0.3 is 23.8 Å². The van der Waals surface area contributed by atoms with Gasteiger partial charge in [0.05, 0.1) is 37.9 Å². The highest BCUT2D eigenvalue weighted by molar-refractivity contribution is 7.89. The molecule has 0 radical (unpaired) electrons. The molecule has 0 saturated heterocycles. The Hall–Kier alpha value is -2.78. The number of hydrogen-bond donors (Lipinski definition) is 1. The van der Waals surface area contributed by atoms with Crippen molar-refractivity contribution in [2.75, 3.05) is 14.2 Å². The molecule has 1 N–H and O–H groups in total. The minimum Gasteiger partial charge on any atom is -0.545 e. The number of sulfonamides is 1. The molecule has 1 aromatic carbocycles. The molecular weight excluding hydrogens is 350 g/mol. The topological polar surface area (TPSA) is 118 Å². The second-order valence-corrected chi connectivity index (χ2v) is 6.54. The van der Waals surface area contributed by atoms with Gasteiger partial charge in [-0.05, 0) is 29.8 Å². The molecule has 8 nitrogen and oxygen atoms in total. The number of carbonyl (C=O) groups is 1. The van der Waals surface area contributed by atoms with Crippen molar-refractivity contribution in [3.8, 4) is 11.5 Å². The maximum Gasteiger partial charge on any atom is 0.241 e. The Kier molecular flexibility index (Phi) is 5.84. The first-order chi connectivity index (χ1) is 11.9. The van der Waals surface area contributed by atoms with Crippen LogP contribution < -0.4 is 19.3 Å². The Morgan fingerprint density at radius 2 is 1.96 bits per heavy atom. The number of ether oxygens (including phenoxy) is 2. The highest BCUT2D eigenvalue weighted by Crippen LogP contribution is 2.33. The molecule has 0 fully saturated rings. The molecule has 25 heavy (non-hydrogen) atoms. The van der Waals surface area contributed by atoms with E-state index in [1.54, 1.807) is 12.1 Å². The molecule has 9 heteroatoms. The smallest absolute Gasteiger partial charge is 0.241 e. The van der Waals surface area contributed by atoms with Crippen molar-refractivity contribution in [3.05, 3.63) is 47.9 Å². The summed E-state index contributed by atoms with van der Waals surface area (Å²) >= 11 is 0. The Labute approximate surface area is 144 Å². The molecule has 0 aliphatic rings. The van der Waals surface area contributed by atoms with Gasteiger partial charge in [-0.1, -0.05) is 6.08 Å². The molecule has 2 aromatic rings. The second kappa shape index (κ2) is 7.86. The van der Waals surface area contributed by atoms with E-state index in [1.165, 1.54) is 32.6 Å². The van der Waals surface area contributed by atoms with Crippen LogP contribution in [0.15, 0.2) is 45.9 Å². The average molecular weight is 366 g/mol. The summed E-state index contributed by atoms with van der Waals surface area (Å²) in [4.78, 5) is 10.5. The first-order valence-corrected chi connectivity index (χ1v) is 8.53. The zero-order valence-corrected chi connectivity index (χ0v) is 14.3. The molecule has 134 valence electrons. The van der Waals surface area contributed by atoms with Crippen LogP contribution in [-0.2, 0) is 21.4 Å². The average Bonchev–Trinajstić information content (AvgIpc) is 3.10. The highest BCUT2D eigenvalue weighted by atomic mass is 32.2. The summed E-state index contributed by atoms with van der Waals surface area (Å²) in [5.74, 6) is -0.588. The van der Waals surface area contributed by atoms with Crippen molar-refractivity contribution in [1.82, 2.24) is 4.72 Å². The Bertz CT molecular complexity index is 870. The first-order valence-electron chi connectivity index (χ1n) is 7.04. The van der Waals surface area contributed by atoms with Crippen LogP contribution in [0.5, 0.6) is 11.5 Å². The Morgan fingerprint density at radius 3 is 2.52 bits per heavy atom. The third-order valence-electron chi connectivity index (χ3n) is 3.22. The van der Waals surface area contributed by atoms with Gasteiger partial charge in [0, 0.05) is 6.07 Å². The number of furan rings is 1. The van der Waals surface area contributed by atoms with Crippen molar-refractivity contribution < 1.29 is 32.2 Å². The lowest BCUT2D eigenvalue weighted by Crippen LogP contribution is -2.24. The van der Waals surface area contributed by atoms with Crippen LogP contribution in [0.4, 0.5) is 0 Å². The van der Waals surface area contributed by atoms with E-state index in [-0.39, 0.29) is 28.5 Å². The molecule has 0 bridgehead atoms. The zero-order chi connectivity index (χ0) is 18.4. The second-order valence-electron chi connectivity index (χ2n) is 4.80. The normalized spacial score (nSPS) is 11.6. The lowest BCUT2D eigenvalue weighted by Gasteiger charge is -2.14. The quantitative estimate of drug-likeness (QED) is 0.677. The van der Waals surface area contributed by atoms with Crippen LogP contribution in [0, 0.1) is 0 Å². The van der Waals surface area contributed by atoms with Gasteiger partial charge in [-0.2, -0.15) is 0 Å². The number of rotatable bonds is 8. The van der Waals surface area contributed by atoms with Crippen molar-refractivity contribution in [1.29, 1.82) is 0 Å². The summed E-state index contributed by atoms with van der Waals surface area (Å²) in [7, 11) is -1.24. The Balaban J connectivity index is 2.46. The molecular formula is C16H16NO7S-. The molecule has 0 atom stereocenters. The lowest BCUT2D eigenvalue weighted by molar-refractivity contribution is -0.297. The van der Waals surface area contributed by atoms with Crippen molar-refractivity contribution in [2.24, 2.45) is 0 Å². The third-order valence-corrected chi connectivity index (χ3v) is 4.68. The number of carbonyl (C=O) groups excluding carboxylic acids is 1. The number of carboxylic acid groups (broad SMARTS) is 1. The lowest BCUT2D eigenvalue weighted by atomic mass is 10.2. The van der Waals surface area contributed by atoms with Crippen molar-refractivity contribution >= 4 is 22.1 Å². The van der Waals surface area contributed by atoms with E-state index < -0.39 is 16.0 Å². The van der Waals surface area contributed by atoms with E-state index in [0.717, 1.165) is 12.2 Å². The first kappa shape index (κ1) is 18.6. The predicted octanol–water partition coefficient (Wildman–Crippen LogP) is 0.538. The van der Waals surface area contributed by atoms with Crippen LogP contribution >= 0.6 is 0 Å². The predicted molar refractivity (Wildman–Crippen MR) is 86.3 cm³/mol. The van der Waals surface area contributed by atoms with Crippen LogP contribution in [0.3, 0.4) is 0 Å². The maximum absolute atomic E-state index is 12.6. The fraction of sp³-hybridized carbons (Fsp3) is 0.188. The number of hydrogen-bond acceptors (Lipinski definition) is 7. The van der Waals surface area contributed by atoms with Crippen LogP contribution in [0.2, 0.25) is 0 Å². The van der Waals surface area contributed by atoms with Crippen LogP contribution in [0.25, 0.3) is 6.08 Å². The molecule has 2 rings (SSSR count). The minimum atomic E-state index is -3.98. The summed E-state index contributed by atoms with van der Waals surface area (Å²) in [5, 5.41) is 10.7. The highest BCUT2D eigenvalue weighted by Gasteiger charge is 2.21. The van der Waals surface area contributed by atoms with E-state index in [4.69, 9.17) is 13.9 Å². The minimum absolute atomic E-state index is 0.0622. The number of methoxy groups -OCH3 is 2. The summed E-state index contributed by atoms with van der Waals surface area (Å²) in [6.45, 7) is -0.0622. The summed E-state index contributed by atoms with van der Waals surface area (Å²) in [6.07, 6.45) is 3.26. The monoisotopic (exact) mass is 366 g/mol. The molecule has 0 saturated carbocycles. The SMILES string of the molecule is COc1cc(/C=C/C(=O)[O-])c(S(=O)(=O)NCc2ccco2)cc1OC. The number of nitrogens with one attached hydrogen (secondary N) is 1. The molecule has 1 heterocycles. The van der Waals surface area contributed by atoms with Crippen molar-refractivity contribution in [3.63, 3.8) is 0 Å². The summed E-state index contributed by atoms with van der Waals surface area (Å²) < 4.78 is 42.9. The van der Waals surface area contributed by atoms with Gasteiger partial charge >= 0.3 is 0 Å². The number of aliphatic carboxylic acids is 1. The fourth-order valence-electron chi connectivity index (χ4n) is 2.05. The largest absolute Gasteiger partial charge is 0.545 e. The van der Waals surface area contributed by atoms with Crippen LogP contribution in [0.1, 0.15) is 11.3 Å². The number of benzene rings is 1. The van der Waals surface area contributed by atoms with Gasteiger partial charge in [-0.3, -0.25) is 0 Å². The van der Waals surface area contributed by atoms with Gasteiger partial charge in [0.25, 0.3) is 0 Å². The fourth-order valence-corrected chi connectivity index (χ4v) is 3.24. The summed E-state index contributed by atoms with van der Waals surface area (Å²) in [5.41, 5.74) is 0.105. The van der Waals surface area contributed by atoms with E-state index in [0.29, 0.717) is 5.76 Å². The molecule has 0 unspecified atom stereocenters. The van der Waals surface area contributed by atoms with Gasteiger partial charge in [0.15, 0.2) is 11.5 Å². The maximum atomic E-state index is 12.6. The standard InChI is InChI=1S/C16H17NO7S/c1-22-13-8-11(5-6-16(18)19)15(9-14(13)23-2)25(20,21)17-10-12-4-3-7-24-12/h3-9,17H,10H2,1-2H3,(H,18,19)/p-1/b6-5+. The third kappa shape index (κ3) is 4.61. The molecule has 0 aliphatic heterocycles. The van der Waals surface area contributed by atoms with E-state index in [2.05, 4.69) is 4.72 Å². The van der Waals surface area contributed by atoms with Gasteiger partial charge in [-0.15, -0.1) is 0 Å². The van der Waals surface area contributed by atoms with E-state index >= 15 is 0 Å². The van der Waals surface area contributed by atoms with Crippen LogP contribution in [-0.4, -0.2) is 28.6 Å². The van der Waals surface area contributed by atoms with Crippen molar-refractivity contribution in [2.45, 2.75) is 11.4 Å².